The second-order valence-electron chi connectivity index (χ2n) is 7.78. The van der Waals surface area contributed by atoms with Gasteiger partial charge in [-0.05, 0) is 67.8 Å². The minimum atomic E-state index is -4.69. The van der Waals surface area contributed by atoms with Gasteiger partial charge >= 0.3 is 6.36 Å². The number of para-hydroxylation sites is 3. The van der Waals surface area contributed by atoms with Crippen LogP contribution in [0.5, 0.6) is 5.75 Å². The van der Waals surface area contributed by atoms with Crippen LogP contribution >= 0.6 is 11.9 Å². The Morgan fingerprint density at radius 3 is 2.53 bits per heavy atom. The summed E-state index contributed by atoms with van der Waals surface area (Å²) in [5, 5.41) is 0. The second-order valence-corrected chi connectivity index (χ2v) is 8.71. The van der Waals surface area contributed by atoms with Gasteiger partial charge in [0.2, 0.25) is 0 Å². The highest BCUT2D eigenvalue weighted by Crippen LogP contribution is 2.32. The zero-order valence-electron chi connectivity index (χ0n) is 17.5. The number of anilines is 1. The molecule has 0 unspecified atom stereocenters. The number of halogens is 3. The van der Waals surface area contributed by atoms with Gasteiger partial charge in [0.15, 0.2) is 0 Å². The Bertz CT molecular complexity index is 1030. The molecule has 1 saturated heterocycles. The predicted molar refractivity (Wildman–Crippen MR) is 121 cm³/mol. The fraction of sp³-hybridized carbons (Fsp3) is 0.391. The van der Waals surface area contributed by atoms with Crippen molar-refractivity contribution in [1.82, 2.24) is 14.7 Å². The number of fused-ring (bicyclic) bond motifs is 1. The van der Waals surface area contributed by atoms with Crippen LogP contribution in [0.4, 0.5) is 19.0 Å². The molecule has 1 N–H and O–H groups in total. The molecule has 0 aliphatic carbocycles. The molecular weight excluding hydrogens is 437 g/mol. The average Bonchev–Trinajstić information content (AvgIpc) is 2.79. The van der Waals surface area contributed by atoms with E-state index in [9.17, 15) is 13.2 Å². The smallest absolute Gasteiger partial charge is 0.405 e. The van der Waals surface area contributed by atoms with E-state index in [0.29, 0.717) is 10.8 Å². The Hall–Kier alpha value is -2.52. The molecule has 5 nitrogen and oxygen atoms in total. The molecule has 2 heterocycles. The Kier molecular flexibility index (Phi) is 7.36. The lowest BCUT2D eigenvalue weighted by Gasteiger charge is -2.32. The fourth-order valence-electron chi connectivity index (χ4n) is 3.89. The molecule has 0 saturated carbocycles. The summed E-state index contributed by atoms with van der Waals surface area (Å²) in [6.45, 7) is 2.64. The molecule has 0 amide bonds. The SMILES string of the molecule is FC(F)(F)Oc1ccccc1SNCCCC1CCN(c2cnc3ccccc3n2)CC1. The van der Waals surface area contributed by atoms with Gasteiger partial charge in [-0.25, -0.2) is 4.98 Å². The van der Waals surface area contributed by atoms with Gasteiger partial charge in [0.25, 0.3) is 0 Å². The van der Waals surface area contributed by atoms with Gasteiger partial charge in [-0.15, -0.1) is 13.2 Å². The van der Waals surface area contributed by atoms with Crippen molar-refractivity contribution in [2.75, 3.05) is 24.5 Å². The Balaban J connectivity index is 1.18. The lowest BCUT2D eigenvalue weighted by molar-refractivity contribution is -0.275. The largest absolute Gasteiger partial charge is 0.573 e. The third-order valence-electron chi connectivity index (χ3n) is 5.52. The molecular formula is C23H25F3N4OS. The number of piperidine rings is 1. The molecule has 1 fully saturated rings. The third kappa shape index (κ3) is 6.26. The zero-order chi connectivity index (χ0) is 22.4. The summed E-state index contributed by atoms with van der Waals surface area (Å²) in [5.41, 5.74) is 1.82. The maximum absolute atomic E-state index is 12.5. The van der Waals surface area contributed by atoms with Crippen LogP contribution in [-0.2, 0) is 0 Å². The lowest BCUT2D eigenvalue weighted by Crippen LogP contribution is -2.34. The highest BCUT2D eigenvalue weighted by molar-refractivity contribution is 7.97. The number of nitrogens with zero attached hydrogens (tertiary/aromatic N) is 3. The van der Waals surface area contributed by atoms with Crippen LogP contribution < -0.4 is 14.4 Å². The summed E-state index contributed by atoms with van der Waals surface area (Å²) in [6, 6.07) is 14.0. The number of rotatable bonds is 8. The second kappa shape index (κ2) is 10.4. The first-order valence-electron chi connectivity index (χ1n) is 10.7. The Labute approximate surface area is 189 Å². The molecule has 1 aliphatic heterocycles. The highest BCUT2D eigenvalue weighted by Gasteiger charge is 2.32. The molecule has 9 heteroatoms. The number of benzene rings is 2. The monoisotopic (exact) mass is 462 g/mol. The average molecular weight is 463 g/mol. The molecule has 0 atom stereocenters. The summed E-state index contributed by atoms with van der Waals surface area (Å²) in [7, 11) is 0. The molecule has 1 aliphatic rings. The van der Waals surface area contributed by atoms with Gasteiger partial charge in [-0.3, -0.25) is 9.71 Å². The molecule has 4 rings (SSSR count). The van der Waals surface area contributed by atoms with Crippen molar-refractivity contribution in [3.05, 3.63) is 54.7 Å². The van der Waals surface area contributed by atoms with Crippen LogP contribution in [0.1, 0.15) is 25.7 Å². The maximum Gasteiger partial charge on any atom is 0.573 e. The fourth-order valence-corrected chi connectivity index (χ4v) is 4.64. The molecule has 2 aromatic carbocycles. The van der Waals surface area contributed by atoms with E-state index in [4.69, 9.17) is 4.98 Å². The summed E-state index contributed by atoms with van der Waals surface area (Å²) in [5.74, 6) is 1.40. The number of nitrogens with one attached hydrogen (secondary N) is 1. The van der Waals surface area contributed by atoms with E-state index in [0.717, 1.165) is 62.2 Å². The summed E-state index contributed by atoms with van der Waals surface area (Å²) in [6.07, 6.45) is 1.42. The van der Waals surface area contributed by atoms with Crippen molar-refractivity contribution in [3.8, 4) is 5.75 Å². The van der Waals surface area contributed by atoms with E-state index < -0.39 is 6.36 Å². The minimum absolute atomic E-state index is 0.179. The van der Waals surface area contributed by atoms with Crippen LogP contribution in [0.15, 0.2) is 59.6 Å². The van der Waals surface area contributed by atoms with Crippen molar-refractivity contribution < 1.29 is 17.9 Å². The van der Waals surface area contributed by atoms with Gasteiger partial charge in [0, 0.05) is 19.6 Å². The number of hydrogen-bond donors (Lipinski definition) is 1. The first-order chi connectivity index (χ1) is 15.5. The van der Waals surface area contributed by atoms with E-state index in [2.05, 4.69) is 19.3 Å². The van der Waals surface area contributed by atoms with Gasteiger partial charge in [0.1, 0.15) is 11.6 Å². The van der Waals surface area contributed by atoms with E-state index in [-0.39, 0.29) is 5.75 Å². The predicted octanol–water partition coefficient (Wildman–Crippen LogP) is 5.82. The third-order valence-corrected chi connectivity index (χ3v) is 6.43. The molecule has 0 radical (unpaired) electrons. The van der Waals surface area contributed by atoms with Crippen LogP contribution in [-0.4, -0.2) is 36.0 Å². The van der Waals surface area contributed by atoms with Crippen molar-refractivity contribution in [1.29, 1.82) is 0 Å². The molecule has 3 aromatic rings. The Morgan fingerprint density at radius 1 is 1.03 bits per heavy atom. The van der Waals surface area contributed by atoms with Crippen LogP contribution in [0, 0.1) is 5.92 Å². The number of ether oxygens (including phenoxy) is 1. The van der Waals surface area contributed by atoms with Crippen molar-refractivity contribution in [3.63, 3.8) is 0 Å². The first-order valence-corrected chi connectivity index (χ1v) is 11.5. The van der Waals surface area contributed by atoms with E-state index in [1.807, 2.05) is 30.5 Å². The number of hydrogen-bond acceptors (Lipinski definition) is 6. The molecule has 32 heavy (non-hydrogen) atoms. The topological polar surface area (TPSA) is 50.3 Å². The molecule has 0 bridgehead atoms. The quantitative estimate of drug-likeness (QED) is 0.336. The molecule has 1 aromatic heterocycles. The van der Waals surface area contributed by atoms with Crippen LogP contribution in [0.3, 0.4) is 0 Å². The summed E-state index contributed by atoms with van der Waals surface area (Å²) in [4.78, 5) is 12.0. The van der Waals surface area contributed by atoms with Gasteiger partial charge in [-0.1, -0.05) is 24.3 Å². The summed E-state index contributed by atoms with van der Waals surface area (Å²) < 4.78 is 44.8. The molecule has 170 valence electrons. The van der Waals surface area contributed by atoms with E-state index >= 15 is 0 Å². The van der Waals surface area contributed by atoms with Crippen LogP contribution in [0.25, 0.3) is 11.0 Å². The van der Waals surface area contributed by atoms with Crippen molar-refractivity contribution in [2.45, 2.75) is 36.9 Å². The molecule has 0 spiro atoms. The van der Waals surface area contributed by atoms with E-state index in [1.54, 1.807) is 12.1 Å². The minimum Gasteiger partial charge on any atom is -0.405 e. The highest BCUT2D eigenvalue weighted by atomic mass is 32.2. The Morgan fingerprint density at radius 2 is 1.75 bits per heavy atom. The number of alkyl halides is 3. The van der Waals surface area contributed by atoms with Crippen molar-refractivity contribution >= 4 is 28.8 Å². The number of aromatic nitrogens is 2. The van der Waals surface area contributed by atoms with Gasteiger partial charge < -0.3 is 9.64 Å². The van der Waals surface area contributed by atoms with Gasteiger partial charge in [-0.2, -0.15) is 0 Å². The van der Waals surface area contributed by atoms with Gasteiger partial charge in [0.05, 0.1) is 22.1 Å². The summed E-state index contributed by atoms with van der Waals surface area (Å²) >= 11 is 1.17. The normalized spacial score (nSPS) is 15.3. The van der Waals surface area contributed by atoms with Crippen molar-refractivity contribution in [2.24, 2.45) is 5.92 Å². The van der Waals surface area contributed by atoms with Crippen LogP contribution in [0.2, 0.25) is 0 Å². The first kappa shape index (κ1) is 22.7. The maximum atomic E-state index is 12.5. The zero-order valence-corrected chi connectivity index (χ0v) is 18.3. The van der Waals surface area contributed by atoms with E-state index in [1.165, 1.54) is 24.1 Å². The standard InChI is InChI=1S/C23H25F3N4OS/c24-23(25,26)31-20-9-3-4-10-21(20)32-28-13-5-6-17-11-14-30(15-12-17)22-16-27-18-7-1-2-8-19(18)29-22/h1-4,7-10,16-17,28H,5-6,11-15H2. The lowest BCUT2D eigenvalue weighted by atomic mass is 9.92.